The van der Waals surface area contributed by atoms with Crippen LogP contribution in [0.4, 0.5) is 11.5 Å². The van der Waals surface area contributed by atoms with E-state index in [1.165, 1.54) is 23.6 Å². The van der Waals surface area contributed by atoms with Crippen LogP contribution < -0.4 is 14.5 Å². The van der Waals surface area contributed by atoms with Gasteiger partial charge in [-0.2, -0.15) is 9.97 Å². The molecule has 1 amide bonds. The molecule has 0 aliphatic carbocycles. The summed E-state index contributed by atoms with van der Waals surface area (Å²) in [6, 6.07) is 8.93. The predicted molar refractivity (Wildman–Crippen MR) is 159 cm³/mol. The fourth-order valence-corrected chi connectivity index (χ4v) is 6.38. The van der Waals surface area contributed by atoms with Gasteiger partial charge in [0, 0.05) is 66.6 Å². The molecule has 3 aliphatic heterocycles. The van der Waals surface area contributed by atoms with Crippen molar-refractivity contribution in [2.24, 2.45) is 0 Å². The zero-order chi connectivity index (χ0) is 28.3. The normalized spacial score (nSPS) is 21.0. The van der Waals surface area contributed by atoms with Crippen LogP contribution in [0.2, 0.25) is 0 Å². The molecule has 0 saturated carbocycles. The molecular weight excluding hydrogens is 516 g/mol. The maximum Gasteiger partial charge on any atom is 0.318 e. The number of likely N-dealkylation sites (tertiary alicyclic amines) is 1. The number of rotatable bonds is 7. The Morgan fingerprint density at radius 1 is 1.17 bits per heavy atom. The van der Waals surface area contributed by atoms with Gasteiger partial charge in [-0.3, -0.25) is 9.78 Å². The number of likely N-dealkylation sites (N-methyl/N-ethyl adjacent to an activating group) is 1. The molecule has 5 heterocycles. The number of carbonyl (C=O) groups is 1. The molecule has 212 valence electrons. The fourth-order valence-electron chi connectivity index (χ4n) is 6.38. The second-order valence-corrected chi connectivity index (χ2v) is 11.1. The molecule has 0 bridgehead atoms. The molecule has 41 heavy (non-hydrogen) atoms. The summed E-state index contributed by atoms with van der Waals surface area (Å²) in [4.78, 5) is 39.1. The number of ether oxygens (including phenoxy) is 1. The third-order valence-corrected chi connectivity index (χ3v) is 8.64. The molecule has 3 aliphatic rings. The molecule has 2 aromatic heterocycles. The topological polar surface area (TPSA) is 82.3 Å². The van der Waals surface area contributed by atoms with E-state index in [0.717, 1.165) is 48.4 Å². The molecule has 0 radical (unpaired) electrons. The zero-order valence-corrected chi connectivity index (χ0v) is 23.6. The van der Waals surface area contributed by atoms with Crippen LogP contribution in [0.3, 0.4) is 0 Å². The molecule has 2 fully saturated rings. The maximum atomic E-state index is 12.5. The lowest BCUT2D eigenvalue weighted by atomic mass is 10.0. The highest BCUT2D eigenvalue weighted by atomic mass is 16.5. The first-order valence-electron chi connectivity index (χ1n) is 14.4. The monoisotopic (exact) mass is 552 g/mol. The van der Waals surface area contributed by atoms with E-state index in [9.17, 15) is 4.79 Å². The molecular formula is C31H36N8O2. The number of benzene rings is 1. The van der Waals surface area contributed by atoms with Crippen molar-refractivity contribution in [3.63, 3.8) is 0 Å². The van der Waals surface area contributed by atoms with Crippen molar-refractivity contribution in [3.05, 3.63) is 72.0 Å². The standard InChI is InChI=1S/C31H36N8O2/c1-4-29(40)39-16-15-38(19-24(39)18-32-2)30-26-11-14-37(28-9-5-7-22-17-33-12-10-25(22)28)20-27(26)34-31(35-30)41-21-23-8-6-13-36(23)3/h4-5,7,9-10,12,17,23-24H,1,6,8,11,13-16,18-21H2,3H3/t23-,24?/m0/s1. The van der Waals surface area contributed by atoms with Gasteiger partial charge in [-0.05, 0) is 51.1 Å². The summed E-state index contributed by atoms with van der Waals surface area (Å²) >= 11 is 0. The summed E-state index contributed by atoms with van der Waals surface area (Å²) in [6.07, 6.45) is 8.15. The number of amides is 1. The number of hydrogen-bond donors (Lipinski definition) is 0. The van der Waals surface area contributed by atoms with Gasteiger partial charge in [0.1, 0.15) is 18.5 Å². The van der Waals surface area contributed by atoms with Crippen molar-refractivity contribution in [3.8, 4) is 6.01 Å². The van der Waals surface area contributed by atoms with Crippen LogP contribution in [-0.4, -0.2) is 95.7 Å². The Labute approximate surface area is 241 Å². The van der Waals surface area contributed by atoms with Crippen LogP contribution in [0.1, 0.15) is 24.1 Å². The molecule has 1 aromatic carbocycles. The number of nitrogens with zero attached hydrogens (tertiary/aromatic N) is 8. The van der Waals surface area contributed by atoms with Gasteiger partial charge in [0.05, 0.1) is 12.2 Å². The molecule has 0 N–H and O–H groups in total. The molecule has 2 saturated heterocycles. The van der Waals surface area contributed by atoms with Crippen LogP contribution in [0.5, 0.6) is 6.01 Å². The van der Waals surface area contributed by atoms with Crippen LogP contribution in [-0.2, 0) is 17.8 Å². The van der Waals surface area contributed by atoms with Gasteiger partial charge in [-0.25, -0.2) is 6.57 Å². The summed E-state index contributed by atoms with van der Waals surface area (Å²) in [6.45, 7) is 16.2. The molecule has 10 nitrogen and oxygen atoms in total. The number of carbonyl (C=O) groups excluding carboxylic acids is 1. The van der Waals surface area contributed by atoms with E-state index in [4.69, 9.17) is 21.3 Å². The summed E-state index contributed by atoms with van der Waals surface area (Å²) in [5.74, 6) is 0.737. The van der Waals surface area contributed by atoms with Crippen LogP contribution >= 0.6 is 0 Å². The Bertz CT molecular complexity index is 1480. The minimum atomic E-state index is -0.224. The van der Waals surface area contributed by atoms with Crippen molar-refractivity contribution in [1.82, 2.24) is 24.8 Å². The van der Waals surface area contributed by atoms with Gasteiger partial charge in [0.2, 0.25) is 12.5 Å². The molecule has 2 atom stereocenters. The second kappa shape index (κ2) is 11.7. The zero-order valence-electron chi connectivity index (χ0n) is 23.6. The maximum absolute atomic E-state index is 12.5. The van der Waals surface area contributed by atoms with Gasteiger partial charge in [-0.1, -0.05) is 18.7 Å². The van der Waals surface area contributed by atoms with E-state index in [0.29, 0.717) is 44.8 Å². The summed E-state index contributed by atoms with van der Waals surface area (Å²) in [5, 5.41) is 2.28. The number of fused-ring (bicyclic) bond motifs is 2. The number of piperazine rings is 1. The second-order valence-electron chi connectivity index (χ2n) is 11.1. The lowest BCUT2D eigenvalue weighted by Gasteiger charge is -2.41. The smallest absolute Gasteiger partial charge is 0.318 e. The Kier molecular flexibility index (Phi) is 7.70. The van der Waals surface area contributed by atoms with E-state index < -0.39 is 0 Å². The fraction of sp³-hybridized carbons (Fsp3) is 0.452. The Hall–Kier alpha value is -4.23. The number of anilines is 2. The van der Waals surface area contributed by atoms with Crippen molar-refractivity contribution < 1.29 is 9.53 Å². The van der Waals surface area contributed by atoms with Crippen LogP contribution in [0.15, 0.2) is 49.3 Å². The summed E-state index contributed by atoms with van der Waals surface area (Å²) in [5.41, 5.74) is 3.26. The van der Waals surface area contributed by atoms with Gasteiger partial charge >= 0.3 is 6.01 Å². The van der Waals surface area contributed by atoms with Crippen molar-refractivity contribution >= 4 is 28.2 Å². The van der Waals surface area contributed by atoms with E-state index in [-0.39, 0.29) is 18.5 Å². The van der Waals surface area contributed by atoms with Crippen LogP contribution in [0, 0.1) is 6.57 Å². The first-order chi connectivity index (χ1) is 20.1. The SMILES string of the molecule is [C-]#[N+]CC1CN(c2nc(OC[C@@H]3CCCN3C)nc3c2CCN(c2cccc4cnccc24)C3)CCN1C(=O)C=C. The lowest BCUT2D eigenvalue weighted by molar-refractivity contribution is -0.128. The van der Waals surface area contributed by atoms with E-state index in [1.54, 1.807) is 4.90 Å². The molecule has 10 heteroatoms. The Morgan fingerprint density at radius 3 is 2.88 bits per heavy atom. The van der Waals surface area contributed by atoms with E-state index in [2.05, 4.69) is 62.4 Å². The van der Waals surface area contributed by atoms with Gasteiger partial charge in [0.15, 0.2) is 0 Å². The molecule has 6 rings (SSSR count). The minimum Gasteiger partial charge on any atom is -0.462 e. The first kappa shape index (κ1) is 27.0. The van der Waals surface area contributed by atoms with Gasteiger partial charge < -0.3 is 29.2 Å². The number of hydrogen-bond acceptors (Lipinski definition) is 8. The Balaban J connectivity index is 1.33. The van der Waals surface area contributed by atoms with E-state index in [1.807, 2.05) is 12.4 Å². The third kappa shape index (κ3) is 5.42. The van der Waals surface area contributed by atoms with Crippen molar-refractivity contribution in [2.45, 2.75) is 37.9 Å². The van der Waals surface area contributed by atoms with Crippen molar-refractivity contribution in [1.29, 1.82) is 0 Å². The third-order valence-electron chi connectivity index (χ3n) is 8.64. The van der Waals surface area contributed by atoms with Crippen LogP contribution in [0.25, 0.3) is 15.6 Å². The molecule has 3 aromatic rings. The predicted octanol–water partition coefficient (Wildman–Crippen LogP) is 3.18. The highest BCUT2D eigenvalue weighted by molar-refractivity contribution is 5.93. The molecule has 0 spiro atoms. The summed E-state index contributed by atoms with van der Waals surface area (Å²) < 4.78 is 6.28. The number of pyridine rings is 1. The average Bonchev–Trinajstić information content (AvgIpc) is 3.43. The quantitative estimate of drug-likeness (QED) is 0.327. The first-order valence-corrected chi connectivity index (χ1v) is 14.4. The minimum absolute atomic E-state index is 0.131. The summed E-state index contributed by atoms with van der Waals surface area (Å²) in [7, 11) is 2.14. The average molecular weight is 553 g/mol. The van der Waals surface area contributed by atoms with E-state index >= 15 is 0 Å². The lowest BCUT2D eigenvalue weighted by Crippen LogP contribution is -2.56. The highest BCUT2D eigenvalue weighted by Gasteiger charge is 2.35. The largest absolute Gasteiger partial charge is 0.462 e. The van der Waals surface area contributed by atoms with Gasteiger partial charge in [-0.15, -0.1) is 0 Å². The highest BCUT2D eigenvalue weighted by Crippen LogP contribution is 2.34. The van der Waals surface area contributed by atoms with Gasteiger partial charge in [0.25, 0.3) is 0 Å². The molecule has 1 unspecified atom stereocenters. The number of aromatic nitrogens is 3. The van der Waals surface area contributed by atoms with Crippen molar-refractivity contribution in [2.75, 3.05) is 62.7 Å². The Morgan fingerprint density at radius 2 is 2.07 bits per heavy atom.